The second-order valence-electron chi connectivity index (χ2n) is 5.75. The highest BCUT2D eigenvalue weighted by molar-refractivity contribution is 6.20. The lowest BCUT2D eigenvalue weighted by molar-refractivity contribution is 0.244. The molecule has 3 rings (SSSR count). The highest BCUT2D eigenvalue weighted by Gasteiger charge is 2.26. The number of hydrogen-bond donors (Lipinski definition) is 0. The number of hydrogen-bond acceptors (Lipinski definition) is 2. The second kappa shape index (κ2) is 5.93. The molecule has 0 N–H and O–H groups in total. The number of likely N-dealkylation sites (tertiary alicyclic amines) is 1. The number of benzene rings is 1. The first-order valence-corrected chi connectivity index (χ1v) is 8.07. The molecule has 5 heteroatoms. The van der Waals surface area contributed by atoms with Crippen LogP contribution in [-0.2, 0) is 6.54 Å². The minimum absolute atomic E-state index is 0.183. The van der Waals surface area contributed by atoms with Crippen molar-refractivity contribution >= 4 is 22.6 Å². The molecule has 0 radical (unpaired) electrons. The van der Waals surface area contributed by atoms with Crippen LogP contribution in [0.4, 0.5) is 4.39 Å². The Morgan fingerprint density at radius 1 is 1.48 bits per heavy atom. The van der Waals surface area contributed by atoms with Crippen molar-refractivity contribution in [3.05, 3.63) is 29.8 Å². The van der Waals surface area contributed by atoms with Gasteiger partial charge in [-0.2, -0.15) is 0 Å². The third kappa shape index (κ3) is 2.79. The second-order valence-corrected chi connectivity index (χ2v) is 6.41. The van der Waals surface area contributed by atoms with Crippen molar-refractivity contribution in [2.75, 3.05) is 13.1 Å². The number of nitrogens with zero attached hydrogens (tertiary/aromatic N) is 3. The molecule has 0 amide bonds. The van der Waals surface area contributed by atoms with Gasteiger partial charge >= 0.3 is 0 Å². The fraction of sp³-hybridized carbons (Fsp3) is 0.562. The summed E-state index contributed by atoms with van der Waals surface area (Å²) in [6.07, 6.45) is 2.44. The van der Waals surface area contributed by atoms with Crippen LogP contribution in [0.5, 0.6) is 0 Å². The summed E-state index contributed by atoms with van der Waals surface area (Å²) in [7, 11) is 0. The van der Waals surface area contributed by atoms with Crippen LogP contribution < -0.4 is 0 Å². The summed E-state index contributed by atoms with van der Waals surface area (Å²) in [5, 5.41) is -0.183. The molecular weight excluding hydrogens is 289 g/mol. The topological polar surface area (TPSA) is 21.1 Å². The van der Waals surface area contributed by atoms with Crippen molar-refractivity contribution in [1.29, 1.82) is 0 Å². The normalized spacial score (nSPS) is 21.2. The lowest BCUT2D eigenvalue weighted by Crippen LogP contribution is -2.33. The quantitative estimate of drug-likeness (QED) is 0.797. The molecule has 1 saturated heterocycles. The maximum atomic E-state index is 13.4. The van der Waals surface area contributed by atoms with E-state index in [-0.39, 0.29) is 11.2 Å². The Kier molecular flexibility index (Phi) is 4.18. The van der Waals surface area contributed by atoms with E-state index >= 15 is 0 Å². The first-order valence-electron chi connectivity index (χ1n) is 7.64. The molecule has 1 aromatic carbocycles. The first kappa shape index (κ1) is 14.8. The van der Waals surface area contributed by atoms with Crippen molar-refractivity contribution in [2.24, 2.45) is 0 Å². The molecule has 2 unspecified atom stereocenters. The van der Waals surface area contributed by atoms with Crippen molar-refractivity contribution in [2.45, 2.75) is 44.7 Å². The van der Waals surface area contributed by atoms with Gasteiger partial charge in [0.1, 0.15) is 11.6 Å². The van der Waals surface area contributed by atoms with Crippen LogP contribution in [0.15, 0.2) is 18.2 Å². The van der Waals surface area contributed by atoms with Crippen molar-refractivity contribution in [3.63, 3.8) is 0 Å². The number of halogens is 2. The minimum atomic E-state index is -0.253. The number of alkyl halides is 1. The van der Waals surface area contributed by atoms with E-state index in [2.05, 4.69) is 21.4 Å². The van der Waals surface area contributed by atoms with E-state index in [0.29, 0.717) is 11.6 Å². The highest BCUT2D eigenvalue weighted by atomic mass is 35.5. The summed E-state index contributed by atoms with van der Waals surface area (Å²) < 4.78 is 15.6. The van der Waals surface area contributed by atoms with Crippen LogP contribution >= 0.6 is 11.6 Å². The number of imidazole rings is 1. The molecule has 21 heavy (non-hydrogen) atoms. The van der Waals surface area contributed by atoms with Gasteiger partial charge in [0, 0.05) is 18.7 Å². The third-order valence-electron chi connectivity index (χ3n) is 4.39. The van der Waals surface area contributed by atoms with Gasteiger partial charge in [0.05, 0.1) is 16.4 Å². The van der Waals surface area contributed by atoms with E-state index in [9.17, 15) is 4.39 Å². The molecule has 1 aliphatic heterocycles. The zero-order valence-electron chi connectivity index (χ0n) is 12.5. The maximum absolute atomic E-state index is 13.4. The summed E-state index contributed by atoms with van der Waals surface area (Å²) in [4.78, 5) is 7.04. The van der Waals surface area contributed by atoms with E-state index in [1.54, 1.807) is 0 Å². The van der Waals surface area contributed by atoms with Gasteiger partial charge in [-0.3, -0.25) is 4.90 Å². The van der Waals surface area contributed by atoms with Gasteiger partial charge in [0.15, 0.2) is 0 Å². The average molecular weight is 310 g/mol. The summed E-state index contributed by atoms with van der Waals surface area (Å²) in [5.41, 5.74) is 1.67. The van der Waals surface area contributed by atoms with Gasteiger partial charge in [-0.25, -0.2) is 9.37 Å². The Bertz CT molecular complexity index is 638. The number of likely N-dealkylation sites (N-methyl/N-ethyl adjacent to an activating group) is 1. The Labute approximate surface area is 129 Å². The molecule has 0 aliphatic carbocycles. The molecule has 2 heterocycles. The molecule has 1 aromatic heterocycles. The van der Waals surface area contributed by atoms with Crippen molar-refractivity contribution in [3.8, 4) is 0 Å². The molecular formula is C16H21ClFN3. The molecule has 3 nitrogen and oxygen atoms in total. The predicted molar refractivity (Wildman–Crippen MR) is 84.2 cm³/mol. The Morgan fingerprint density at radius 2 is 2.29 bits per heavy atom. The van der Waals surface area contributed by atoms with E-state index in [4.69, 9.17) is 11.6 Å². The Balaban J connectivity index is 2.01. The Morgan fingerprint density at radius 3 is 3.00 bits per heavy atom. The van der Waals surface area contributed by atoms with E-state index in [1.807, 2.05) is 13.0 Å². The molecule has 2 aromatic rings. The smallest absolute Gasteiger partial charge is 0.127 e. The SMILES string of the molecule is CCN1CCCC1Cn1c(C(C)Cl)nc2cc(F)ccc21. The summed E-state index contributed by atoms with van der Waals surface area (Å²) >= 11 is 6.28. The summed E-state index contributed by atoms with van der Waals surface area (Å²) in [6, 6.07) is 5.31. The maximum Gasteiger partial charge on any atom is 0.127 e. The molecule has 0 spiro atoms. The fourth-order valence-corrected chi connectivity index (χ4v) is 3.51. The van der Waals surface area contributed by atoms with Gasteiger partial charge in [-0.1, -0.05) is 6.92 Å². The van der Waals surface area contributed by atoms with E-state index < -0.39 is 0 Å². The van der Waals surface area contributed by atoms with Crippen LogP contribution in [0.1, 0.15) is 37.9 Å². The van der Waals surface area contributed by atoms with Gasteiger partial charge in [0.25, 0.3) is 0 Å². The summed E-state index contributed by atoms with van der Waals surface area (Å²) in [6.45, 7) is 7.22. The molecule has 2 atom stereocenters. The first-order chi connectivity index (χ1) is 10.1. The van der Waals surface area contributed by atoms with Crippen molar-refractivity contribution in [1.82, 2.24) is 14.5 Å². The van der Waals surface area contributed by atoms with Crippen LogP contribution in [-0.4, -0.2) is 33.6 Å². The van der Waals surface area contributed by atoms with Gasteiger partial charge in [-0.15, -0.1) is 11.6 Å². The number of rotatable bonds is 4. The monoisotopic (exact) mass is 309 g/mol. The Hall–Kier alpha value is -1.13. The van der Waals surface area contributed by atoms with Gasteiger partial charge in [-0.05, 0) is 45.0 Å². The molecule has 1 aliphatic rings. The zero-order valence-corrected chi connectivity index (χ0v) is 13.3. The predicted octanol–water partition coefficient (Wildman–Crippen LogP) is 3.96. The fourth-order valence-electron chi connectivity index (χ4n) is 3.35. The number of aromatic nitrogens is 2. The third-order valence-corrected chi connectivity index (χ3v) is 4.59. The standard InChI is InChI=1S/C16H21ClFN3/c1-3-20-8-4-5-13(20)10-21-15-7-6-12(18)9-14(15)19-16(21)11(2)17/h6-7,9,11,13H,3-5,8,10H2,1-2H3. The van der Waals surface area contributed by atoms with Gasteiger partial charge < -0.3 is 4.57 Å². The number of fused-ring (bicyclic) bond motifs is 1. The molecule has 0 saturated carbocycles. The van der Waals surface area contributed by atoms with Crippen LogP contribution in [0.25, 0.3) is 11.0 Å². The van der Waals surface area contributed by atoms with Crippen LogP contribution in [0.2, 0.25) is 0 Å². The van der Waals surface area contributed by atoms with E-state index in [0.717, 1.165) is 31.0 Å². The van der Waals surface area contributed by atoms with Crippen LogP contribution in [0.3, 0.4) is 0 Å². The molecule has 0 bridgehead atoms. The highest BCUT2D eigenvalue weighted by Crippen LogP contribution is 2.28. The van der Waals surface area contributed by atoms with Crippen molar-refractivity contribution < 1.29 is 4.39 Å². The van der Waals surface area contributed by atoms with Crippen LogP contribution in [0, 0.1) is 5.82 Å². The summed E-state index contributed by atoms with van der Waals surface area (Å²) in [5.74, 6) is 0.581. The largest absolute Gasteiger partial charge is 0.325 e. The molecule has 1 fully saturated rings. The van der Waals surface area contributed by atoms with E-state index in [1.165, 1.54) is 25.0 Å². The molecule has 114 valence electrons. The average Bonchev–Trinajstić information content (AvgIpc) is 3.03. The minimum Gasteiger partial charge on any atom is -0.325 e. The zero-order chi connectivity index (χ0) is 15.0. The van der Waals surface area contributed by atoms with Gasteiger partial charge in [0.2, 0.25) is 0 Å². The lowest BCUT2D eigenvalue weighted by atomic mass is 10.2. The lowest BCUT2D eigenvalue weighted by Gasteiger charge is -2.24.